The summed E-state index contributed by atoms with van der Waals surface area (Å²) < 4.78 is 52.3. The van der Waals surface area contributed by atoms with Gasteiger partial charge in [0.25, 0.3) is 10.0 Å². The fraction of sp³-hybridized carbons (Fsp3) is 0.0526. The zero-order valence-corrected chi connectivity index (χ0v) is 15.7. The van der Waals surface area contributed by atoms with Crippen LogP contribution in [0.25, 0.3) is 0 Å². The molecule has 0 heterocycles. The van der Waals surface area contributed by atoms with Crippen LogP contribution in [0.4, 0.5) is 10.1 Å². The lowest BCUT2D eigenvalue weighted by atomic mass is 10.3. The highest BCUT2D eigenvalue weighted by Gasteiger charge is 2.22. The lowest BCUT2D eigenvalue weighted by Gasteiger charge is -2.15. The summed E-state index contributed by atoms with van der Waals surface area (Å²) >= 11 is 6.00. The van der Waals surface area contributed by atoms with E-state index in [0.717, 1.165) is 12.1 Å². The number of ether oxygens (including phenoxy) is 2. The second-order valence-corrected chi connectivity index (χ2v) is 7.54. The number of para-hydroxylation sites is 1. The van der Waals surface area contributed by atoms with E-state index in [-0.39, 0.29) is 22.1 Å². The van der Waals surface area contributed by atoms with Gasteiger partial charge < -0.3 is 9.47 Å². The summed E-state index contributed by atoms with van der Waals surface area (Å²) in [6, 6.07) is 16.6. The minimum absolute atomic E-state index is 0.0106. The summed E-state index contributed by atoms with van der Waals surface area (Å²) in [5.74, 6) is 0.0626. The molecule has 27 heavy (non-hydrogen) atoms. The van der Waals surface area contributed by atoms with Crippen molar-refractivity contribution in [3.8, 4) is 17.2 Å². The SMILES string of the molecule is COc1ccc(F)cc1S(=O)(=O)Nc1cc(Cl)ccc1Oc1ccccc1. The Morgan fingerprint density at radius 3 is 2.37 bits per heavy atom. The van der Waals surface area contributed by atoms with E-state index in [4.69, 9.17) is 21.1 Å². The molecular formula is C19H15ClFNO4S. The summed E-state index contributed by atoms with van der Waals surface area (Å²) in [5, 5.41) is 0.305. The first-order valence-corrected chi connectivity index (χ1v) is 9.64. The molecule has 0 saturated carbocycles. The average Bonchev–Trinajstić information content (AvgIpc) is 2.64. The van der Waals surface area contributed by atoms with Gasteiger partial charge in [-0.15, -0.1) is 0 Å². The maximum absolute atomic E-state index is 13.6. The van der Waals surface area contributed by atoms with E-state index in [1.54, 1.807) is 30.3 Å². The van der Waals surface area contributed by atoms with Crippen LogP contribution in [0.3, 0.4) is 0 Å². The molecule has 3 rings (SSSR count). The molecule has 0 amide bonds. The lowest BCUT2D eigenvalue weighted by molar-refractivity contribution is 0.401. The first-order chi connectivity index (χ1) is 12.9. The zero-order chi connectivity index (χ0) is 19.4. The standard InChI is InChI=1S/C19H15ClFNO4S/c1-25-18-10-8-14(21)12-19(18)27(23,24)22-16-11-13(20)7-9-17(16)26-15-5-3-2-4-6-15/h2-12,22H,1H3. The predicted octanol–water partition coefficient (Wildman–Crippen LogP) is 5.08. The summed E-state index contributed by atoms with van der Waals surface area (Å²) in [4.78, 5) is -0.337. The Balaban J connectivity index is 1.99. The molecule has 0 aliphatic rings. The molecule has 0 aliphatic carbocycles. The van der Waals surface area contributed by atoms with Crippen molar-refractivity contribution in [3.05, 3.63) is 77.6 Å². The molecule has 1 N–H and O–H groups in total. The van der Waals surface area contributed by atoms with Crippen LogP contribution in [0, 0.1) is 5.82 Å². The lowest BCUT2D eigenvalue weighted by Crippen LogP contribution is -2.15. The van der Waals surface area contributed by atoms with Gasteiger partial charge in [-0.25, -0.2) is 12.8 Å². The van der Waals surface area contributed by atoms with Gasteiger partial charge in [-0.3, -0.25) is 4.72 Å². The van der Waals surface area contributed by atoms with E-state index < -0.39 is 15.8 Å². The molecule has 3 aromatic rings. The molecule has 0 spiro atoms. The first kappa shape index (κ1) is 19.0. The maximum atomic E-state index is 13.6. The molecule has 0 aliphatic heterocycles. The van der Waals surface area contributed by atoms with Gasteiger partial charge >= 0.3 is 0 Å². The highest BCUT2D eigenvalue weighted by molar-refractivity contribution is 7.92. The Bertz CT molecular complexity index is 1060. The van der Waals surface area contributed by atoms with Crippen molar-refractivity contribution in [2.45, 2.75) is 4.90 Å². The average molecular weight is 408 g/mol. The molecular weight excluding hydrogens is 393 g/mol. The summed E-state index contributed by atoms with van der Waals surface area (Å²) in [6.07, 6.45) is 0. The molecule has 3 aromatic carbocycles. The van der Waals surface area contributed by atoms with Gasteiger partial charge in [0.1, 0.15) is 22.2 Å². The predicted molar refractivity (Wildman–Crippen MR) is 102 cm³/mol. The van der Waals surface area contributed by atoms with Gasteiger partial charge in [-0.2, -0.15) is 0 Å². The van der Waals surface area contributed by atoms with Crippen LogP contribution in [-0.2, 0) is 10.0 Å². The normalized spacial score (nSPS) is 11.1. The van der Waals surface area contributed by atoms with Crippen LogP contribution in [0.1, 0.15) is 0 Å². The van der Waals surface area contributed by atoms with Crippen LogP contribution in [-0.4, -0.2) is 15.5 Å². The van der Waals surface area contributed by atoms with Gasteiger partial charge in [0, 0.05) is 5.02 Å². The number of hydrogen-bond acceptors (Lipinski definition) is 4. The van der Waals surface area contributed by atoms with Gasteiger partial charge in [-0.1, -0.05) is 29.8 Å². The van der Waals surface area contributed by atoms with E-state index in [1.165, 1.54) is 25.3 Å². The largest absolute Gasteiger partial charge is 0.495 e. The quantitative estimate of drug-likeness (QED) is 0.618. The minimum atomic E-state index is -4.16. The summed E-state index contributed by atoms with van der Waals surface area (Å²) in [5.41, 5.74) is 0.109. The maximum Gasteiger partial charge on any atom is 0.265 e. The smallest absolute Gasteiger partial charge is 0.265 e. The van der Waals surface area contributed by atoms with Gasteiger partial charge in [0.05, 0.1) is 12.8 Å². The summed E-state index contributed by atoms with van der Waals surface area (Å²) in [7, 11) is -2.86. The highest BCUT2D eigenvalue weighted by atomic mass is 35.5. The number of nitrogens with one attached hydrogen (secondary N) is 1. The van der Waals surface area contributed by atoms with Crippen molar-refractivity contribution in [2.75, 3.05) is 11.8 Å². The van der Waals surface area contributed by atoms with E-state index in [9.17, 15) is 12.8 Å². The Kier molecular flexibility index (Phi) is 5.53. The Morgan fingerprint density at radius 2 is 1.67 bits per heavy atom. The van der Waals surface area contributed by atoms with Crippen LogP contribution in [0.15, 0.2) is 71.6 Å². The molecule has 0 radical (unpaired) electrons. The summed E-state index contributed by atoms with van der Waals surface area (Å²) in [6.45, 7) is 0. The van der Waals surface area contributed by atoms with Crippen molar-refractivity contribution >= 4 is 27.3 Å². The van der Waals surface area contributed by atoms with E-state index >= 15 is 0 Å². The molecule has 8 heteroatoms. The number of hydrogen-bond donors (Lipinski definition) is 1. The molecule has 0 fully saturated rings. The Morgan fingerprint density at radius 1 is 0.963 bits per heavy atom. The topological polar surface area (TPSA) is 64.6 Å². The molecule has 0 bridgehead atoms. The van der Waals surface area contributed by atoms with Crippen LogP contribution in [0.5, 0.6) is 17.2 Å². The number of halogens is 2. The molecule has 0 unspecified atom stereocenters. The second kappa shape index (κ2) is 7.85. The van der Waals surface area contributed by atoms with E-state index in [0.29, 0.717) is 10.8 Å². The van der Waals surface area contributed by atoms with Crippen molar-refractivity contribution in [1.82, 2.24) is 0 Å². The van der Waals surface area contributed by atoms with Gasteiger partial charge in [-0.05, 0) is 48.5 Å². The fourth-order valence-corrected chi connectivity index (χ4v) is 3.76. The van der Waals surface area contributed by atoms with Crippen molar-refractivity contribution < 1.29 is 22.3 Å². The minimum Gasteiger partial charge on any atom is -0.495 e. The number of benzene rings is 3. The third kappa shape index (κ3) is 4.50. The molecule has 0 aromatic heterocycles. The number of sulfonamides is 1. The van der Waals surface area contributed by atoms with Gasteiger partial charge in [0.2, 0.25) is 0 Å². The van der Waals surface area contributed by atoms with Crippen LogP contribution in [0.2, 0.25) is 5.02 Å². The highest BCUT2D eigenvalue weighted by Crippen LogP contribution is 2.35. The van der Waals surface area contributed by atoms with E-state index in [1.807, 2.05) is 6.07 Å². The van der Waals surface area contributed by atoms with E-state index in [2.05, 4.69) is 4.72 Å². The molecule has 5 nitrogen and oxygen atoms in total. The third-order valence-corrected chi connectivity index (χ3v) is 5.19. The molecule has 140 valence electrons. The third-order valence-electron chi connectivity index (χ3n) is 3.57. The number of rotatable bonds is 6. The van der Waals surface area contributed by atoms with Crippen LogP contribution >= 0.6 is 11.6 Å². The Labute approximate surface area is 161 Å². The number of anilines is 1. The first-order valence-electron chi connectivity index (χ1n) is 7.78. The van der Waals surface area contributed by atoms with Crippen LogP contribution < -0.4 is 14.2 Å². The van der Waals surface area contributed by atoms with Crippen molar-refractivity contribution in [3.63, 3.8) is 0 Å². The fourth-order valence-electron chi connectivity index (χ4n) is 2.35. The molecule has 0 atom stereocenters. The zero-order valence-electron chi connectivity index (χ0n) is 14.1. The van der Waals surface area contributed by atoms with Gasteiger partial charge in [0.15, 0.2) is 5.75 Å². The number of methoxy groups -OCH3 is 1. The van der Waals surface area contributed by atoms with Crippen molar-refractivity contribution in [2.24, 2.45) is 0 Å². The molecule has 0 saturated heterocycles. The Hall–Kier alpha value is -2.77. The second-order valence-electron chi connectivity index (χ2n) is 5.46. The monoisotopic (exact) mass is 407 g/mol. The van der Waals surface area contributed by atoms with Crippen molar-refractivity contribution in [1.29, 1.82) is 0 Å².